The van der Waals surface area contributed by atoms with Gasteiger partial charge in [0.1, 0.15) is 5.82 Å². The number of H-pyrrole nitrogens is 2. The van der Waals surface area contributed by atoms with Gasteiger partial charge >= 0.3 is 0 Å². The minimum absolute atomic E-state index is 0.00773. The number of aryl methyl sites for hydroxylation is 6. The lowest BCUT2D eigenvalue weighted by atomic mass is 9.96. The number of aromatic nitrogens is 5. The standard InChI is InChI=1S/C19H18ClNO2S.C19H18FNO2S.C19H19NO2S.C18H18ClN3O2S.C18H19N3O2S/c2*1-21-18-8-3-2-7-16(18)17-12-15(9-10-19(17)21)24(22,23)14-6-4-5-13(20)11-14;1-20-18-10-6-5-9-16(18)17-13-15(11-12-19(17)20)23(21,22)14-7-3-2-4-8-14;1-22-8-7-18-16(11-22)15-10-14(5-6-17(15)20-18)25(23,24)21-13-4-2-3-12(19)9-13;1-21-10-9-18-16(12-21)15-11-14(7-8-17(15)19-18)24(22,23)20-13-5-3-2-4-6-13/h2*4-6,9-12H,2-3,7-8H2,1H3;2-4,7-8,11-13H,5-6,9-10H2,1H3;2-6,9-10,20-21H,7-8,11H2,1H3;2-8,11,19-20H,9-10,12H2,1H3. The third-order valence-electron chi connectivity index (χ3n) is 23.7. The Labute approximate surface area is 709 Å². The van der Waals surface area contributed by atoms with Gasteiger partial charge in [-0.2, -0.15) is 0 Å². The number of hydrogen-bond donors (Lipinski definition) is 4. The van der Waals surface area contributed by atoms with Crippen LogP contribution in [0.25, 0.3) is 54.5 Å². The van der Waals surface area contributed by atoms with Gasteiger partial charge in [-0.05, 0) is 289 Å². The molecule has 4 N–H and O–H groups in total. The van der Waals surface area contributed by atoms with Crippen molar-refractivity contribution in [3.63, 3.8) is 0 Å². The van der Waals surface area contributed by atoms with E-state index in [0.29, 0.717) is 36.1 Å². The van der Waals surface area contributed by atoms with Gasteiger partial charge in [0, 0.05) is 159 Å². The minimum atomic E-state index is -3.72. The molecule has 0 amide bonds. The number of anilines is 2. The summed E-state index contributed by atoms with van der Waals surface area (Å²) in [6.07, 6.45) is 15.2. The summed E-state index contributed by atoms with van der Waals surface area (Å²) in [5, 5.41) is 6.04. The molecule has 120 heavy (non-hydrogen) atoms. The van der Waals surface area contributed by atoms with E-state index in [1.807, 2.05) is 61.6 Å². The molecule has 0 fully saturated rings. The van der Waals surface area contributed by atoms with Gasteiger partial charge in [0.25, 0.3) is 20.0 Å². The van der Waals surface area contributed by atoms with Crippen LogP contribution in [0.3, 0.4) is 0 Å². The Bertz CT molecular complexity index is 6940. The molecule has 2 aliphatic heterocycles. The zero-order chi connectivity index (χ0) is 84.2. The fourth-order valence-electron chi connectivity index (χ4n) is 17.5. The average Bonchev–Trinajstić information content (AvgIpc) is 1.60. The predicted octanol–water partition coefficient (Wildman–Crippen LogP) is 19.0. The molecule has 5 aromatic heterocycles. The lowest BCUT2D eigenvalue weighted by Gasteiger charge is -2.22. The molecule has 10 aromatic carbocycles. The number of hydrogen-bond acceptors (Lipinski definition) is 12. The fourth-order valence-corrected chi connectivity index (χ4v) is 24.1. The van der Waals surface area contributed by atoms with Crippen LogP contribution in [0.4, 0.5) is 15.8 Å². The van der Waals surface area contributed by atoms with E-state index < -0.39 is 55.4 Å². The van der Waals surface area contributed by atoms with E-state index in [1.165, 1.54) is 106 Å². The highest BCUT2D eigenvalue weighted by atomic mass is 35.5. The molecule has 19 nitrogen and oxygen atoms in total. The van der Waals surface area contributed by atoms with Crippen LogP contribution in [0.2, 0.25) is 10.0 Å². The lowest BCUT2D eigenvalue weighted by Crippen LogP contribution is -2.26. The van der Waals surface area contributed by atoms with E-state index in [2.05, 4.69) is 71.1 Å². The van der Waals surface area contributed by atoms with Gasteiger partial charge in [-0.1, -0.05) is 77.8 Å². The average molecular weight is 1750 g/mol. The maximum Gasteiger partial charge on any atom is 0.261 e. The number of benzene rings is 10. The Morgan fingerprint density at radius 3 is 1.08 bits per heavy atom. The third kappa shape index (κ3) is 16.9. The highest BCUT2D eigenvalue weighted by Gasteiger charge is 2.30. The van der Waals surface area contributed by atoms with Crippen LogP contribution in [0, 0.1) is 5.82 Å². The van der Waals surface area contributed by atoms with Crippen LogP contribution in [-0.2, 0) is 135 Å². The highest BCUT2D eigenvalue weighted by molar-refractivity contribution is 7.93. The van der Waals surface area contributed by atoms with Gasteiger partial charge in [-0.25, -0.2) is 46.5 Å². The molecule has 7 heterocycles. The molecule has 5 aliphatic rings. The van der Waals surface area contributed by atoms with Crippen molar-refractivity contribution in [3.05, 3.63) is 297 Å². The van der Waals surface area contributed by atoms with Crippen LogP contribution in [0.15, 0.2) is 264 Å². The summed E-state index contributed by atoms with van der Waals surface area (Å²) < 4.78 is 153. The first-order valence-electron chi connectivity index (χ1n) is 40.1. The van der Waals surface area contributed by atoms with Crippen LogP contribution in [-0.4, -0.2) is 103 Å². The van der Waals surface area contributed by atoms with Crippen molar-refractivity contribution < 1.29 is 46.5 Å². The van der Waals surface area contributed by atoms with Crippen LogP contribution in [0.5, 0.6) is 0 Å². The molecule has 0 atom stereocenters. The maximum atomic E-state index is 13.4. The van der Waals surface area contributed by atoms with Gasteiger partial charge < -0.3 is 33.5 Å². The number of halogens is 3. The molecule has 620 valence electrons. The Morgan fingerprint density at radius 2 is 0.658 bits per heavy atom. The Kier molecular flexibility index (Phi) is 23.6. The molecule has 0 bridgehead atoms. The van der Waals surface area contributed by atoms with Crippen molar-refractivity contribution in [2.45, 2.75) is 142 Å². The summed E-state index contributed by atoms with van der Waals surface area (Å²) >= 11 is 11.9. The highest BCUT2D eigenvalue weighted by Crippen LogP contribution is 2.40. The second-order valence-electron chi connectivity index (χ2n) is 31.5. The van der Waals surface area contributed by atoms with Crippen molar-refractivity contribution in [3.8, 4) is 0 Å². The molecule has 0 saturated carbocycles. The number of likely N-dealkylation sites (N-methyl/N-ethyl adjacent to an activating group) is 2. The van der Waals surface area contributed by atoms with E-state index in [-0.39, 0.29) is 24.5 Å². The number of para-hydroxylation sites is 1. The van der Waals surface area contributed by atoms with E-state index in [1.54, 1.807) is 140 Å². The van der Waals surface area contributed by atoms with Gasteiger partial charge in [0.05, 0.1) is 44.9 Å². The van der Waals surface area contributed by atoms with E-state index >= 15 is 0 Å². The van der Waals surface area contributed by atoms with Crippen LogP contribution >= 0.6 is 23.2 Å². The van der Waals surface area contributed by atoms with E-state index in [0.717, 1.165) is 151 Å². The number of rotatable bonds is 12. The molecular weight excluding hydrogens is 1650 g/mol. The molecule has 20 rings (SSSR count). The van der Waals surface area contributed by atoms with Gasteiger partial charge in [0.15, 0.2) is 0 Å². The Balaban J connectivity index is 0.000000112. The number of fused-ring (bicyclic) bond motifs is 15. The van der Waals surface area contributed by atoms with Gasteiger partial charge in [-0.15, -0.1) is 0 Å². The fraction of sp³-hybridized carbons (Fsp3) is 0.247. The van der Waals surface area contributed by atoms with Crippen LogP contribution in [0.1, 0.15) is 94.8 Å². The number of aromatic amines is 2. The molecule has 0 unspecified atom stereocenters. The monoisotopic (exact) mass is 1740 g/mol. The summed E-state index contributed by atoms with van der Waals surface area (Å²) in [5.74, 6) is -0.547. The number of sulfone groups is 3. The quantitative estimate of drug-likeness (QED) is 0.0892. The number of nitrogens with zero attached hydrogens (tertiary/aromatic N) is 5. The summed E-state index contributed by atoms with van der Waals surface area (Å²) in [5.41, 5.74) is 19.0. The lowest BCUT2D eigenvalue weighted by molar-refractivity contribution is 0.313. The number of nitrogens with one attached hydrogen (secondary N) is 4. The molecular formula is C93H92Cl2FN9O10S5. The van der Waals surface area contributed by atoms with Crippen molar-refractivity contribution in [1.82, 2.24) is 33.5 Å². The summed E-state index contributed by atoms with van der Waals surface area (Å²) in [4.78, 5) is 13.4. The maximum absolute atomic E-state index is 13.4. The topological polar surface area (TPSA) is 248 Å². The van der Waals surface area contributed by atoms with Gasteiger partial charge in [-0.3, -0.25) is 9.44 Å². The molecule has 0 spiro atoms. The normalized spacial score (nSPS) is 15.0. The zero-order valence-corrected chi connectivity index (χ0v) is 72.7. The third-order valence-corrected chi connectivity index (χ3v) is 32.2. The second-order valence-corrected chi connectivity index (χ2v) is 41.6. The molecule has 0 saturated heterocycles. The first-order valence-corrected chi connectivity index (χ1v) is 48.3. The van der Waals surface area contributed by atoms with Crippen molar-refractivity contribution >= 4 is 139 Å². The van der Waals surface area contributed by atoms with Gasteiger partial charge in [0.2, 0.25) is 29.5 Å². The Morgan fingerprint density at radius 1 is 0.317 bits per heavy atom. The van der Waals surface area contributed by atoms with Crippen molar-refractivity contribution in [2.24, 2.45) is 21.1 Å². The molecule has 27 heteroatoms. The largest absolute Gasteiger partial charge is 0.358 e. The van der Waals surface area contributed by atoms with E-state index in [9.17, 15) is 46.5 Å². The van der Waals surface area contributed by atoms with E-state index in [4.69, 9.17) is 23.2 Å². The van der Waals surface area contributed by atoms with Crippen molar-refractivity contribution in [2.75, 3.05) is 36.6 Å². The SMILES string of the molecule is CN1CCc2[nH]c3ccc(S(=O)(=O)Nc4cccc(Cl)c4)cc3c2C1.CN1CCc2[nH]c3ccc(S(=O)(=O)Nc4ccccc4)cc3c2C1.Cn1c2c(c3cc(S(=O)(=O)c4cccc(Cl)c4)ccc31)CCCC2.Cn1c2c(c3cc(S(=O)(=O)c4cccc(F)c4)ccc31)CCCC2.Cn1c2c(c3cc(S(=O)(=O)c4ccccc4)ccc31)CCCC2. The van der Waals surface area contributed by atoms with Crippen LogP contribution < -0.4 is 9.44 Å². The predicted molar refractivity (Wildman–Crippen MR) is 476 cm³/mol. The van der Waals surface area contributed by atoms with Crippen molar-refractivity contribution in [1.29, 1.82) is 0 Å². The Hall–Kier alpha value is -10.3. The minimum Gasteiger partial charge on any atom is -0.358 e. The first kappa shape index (κ1) is 83.3. The summed E-state index contributed by atoms with van der Waals surface area (Å²) in [6.45, 7) is 3.67. The zero-order valence-electron chi connectivity index (χ0n) is 67.1. The summed E-state index contributed by atoms with van der Waals surface area (Å²) in [6, 6.07) is 62.6. The molecule has 3 aliphatic carbocycles. The number of sulfonamides is 2. The summed E-state index contributed by atoms with van der Waals surface area (Å²) in [7, 11) is -7.68. The smallest absolute Gasteiger partial charge is 0.261 e. The molecule has 15 aromatic rings. The second kappa shape index (κ2) is 33.9. The molecule has 0 radical (unpaired) electrons. The first-order chi connectivity index (χ1) is 57.5.